The Hall–Kier alpha value is -2.11. The lowest BCUT2D eigenvalue weighted by Gasteiger charge is -2.26. The minimum atomic E-state index is -0.823. The highest BCUT2D eigenvalue weighted by atomic mass is 16.5. The van der Waals surface area contributed by atoms with Crippen LogP contribution in [-0.4, -0.2) is 55.4 Å². The number of carboxylic acids is 1. The second-order valence-corrected chi connectivity index (χ2v) is 5.64. The lowest BCUT2D eigenvalue weighted by atomic mass is 10.0. The van der Waals surface area contributed by atoms with Crippen LogP contribution in [0.3, 0.4) is 0 Å². The maximum absolute atomic E-state index is 11.0. The molecule has 0 aromatic heterocycles. The summed E-state index contributed by atoms with van der Waals surface area (Å²) < 4.78 is 11.3. The minimum Gasteiger partial charge on any atom is -0.492 e. The van der Waals surface area contributed by atoms with Crippen LogP contribution in [0.15, 0.2) is 36.4 Å². The quantitative estimate of drug-likeness (QED) is 0.885. The molecule has 0 amide bonds. The van der Waals surface area contributed by atoms with E-state index in [0.29, 0.717) is 6.61 Å². The normalized spacial score (nSPS) is 15.7. The Morgan fingerprint density at radius 1 is 1.13 bits per heavy atom. The van der Waals surface area contributed by atoms with E-state index < -0.39 is 5.97 Å². The van der Waals surface area contributed by atoms with Gasteiger partial charge in [-0.3, -0.25) is 9.69 Å². The minimum absolute atomic E-state index is 0.0224. The molecule has 0 aliphatic carbocycles. The number of fused-ring (bicyclic) bond motifs is 1. The molecule has 1 heterocycles. The van der Waals surface area contributed by atoms with E-state index in [4.69, 9.17) is 14.6 Å². The van der Waals surface area contributed by atoms with Crippen LogP contribution in [0.25, 0.3) is 10.8 Å². The first kappa shape index (κ1) is 15.8. The molecule has 0 bridgehead atoms. The van der Waals surface area contributed by atoms with Crippen molar-refractivity contribution in [3.05, 3.63) is 42.0 Å². The fourth-order valence-electron chi connectivity index (χ4n) is 2.89. The summed E-state index contributed by atoms with van der Waals surface area (Å²) in [6.45, 7) is 4.94. The van der Waals surface area contributed by atoms with Gasteiger partial charge in [-0.2, -0.15) is 0 Å². The van der Waals surface area contributed by atoms with Crippen molar-refractivity contribution in [1.29, 1.82) is 0 Å². The first-order valence-corrected chi connectivity index (χ1v) is 7.89. The second kappa shape index (κ2) is 7.44. The molecule has 5 heteroatoms. The first-order chi connectivity index (χ1) is 11.2. The lowest BCUT2D eigenvalue weighted by Crippen LogP contribution is -2.38. The monoisotopic (exact) mass is 315 g/mol. The summed E-state index contributed by atoms with van der Waals surface area (Å²) in [5.41, 5.74) is 0.814. The number of rotatable bonds is 6. The van der Waals surface area contributed by atoms with E-state index >= 15 is 0 Å². The molecule has 1 N–H and O–H groups in total. The number of benzene rings is 2. The summed E-state index contributed by atoms with van der Waals surface area (Å²) in [5.74, 6) is -0.0147. The molecule has 0 unspecified atom stereocenters. The third kappa shape index (κ3) is 4.00. The number of hydrogen-bond donors (Lipinski definition) is 1. The van der Waals surface area contributed by atoms with Crippen LogP contribution >= 0.6 is 0 Å². The molecule has 23 heavy (non-hydrogen) atoms. The van der Waals surface area contributed by atoms with E-state index in [9.17, 15) is 4.79 Å². The van der Waals surface area contributed by atoms with Gasteiger partial charge in [0.1, 0.15) is 12.4 Å². The van der Waals surface area contributed by atoms with Gasteiger partial charge in [-0.15, -0.1) is 0 Å². The SMILES string of the molecule is O=C(O)Cc1ccc(OCCN2CCOCC2)c2ccccc12. The van der Waals surface area contributed by atoms with Crippen molar-refractivity contribution >= 4 is 16.7 Å². The van der Waals surface area contributed by atoms with Gasteiger partial charge in [-0.25, -0.2) is 0 Å². The zero-order valence-electron chi connectivity index (χ0n) is 13.0. The highest BCUT2D eigenvalue weighted by molar-refractivity contribution is 5.93. The summed E-state index contributed by atoms with van der Waals surface area (Å²) >= 11 is 0. The van der Waals surface area contributed by atoms with Gasteiger partial charge in [0.25, 0.3) is 0 Å². The van der Waals surface area contributed by atoms with E-state index in [1.165, 1.54) is 0 Å². The van der Waals surface area contributed by atoms with Crippen molar-refractivity contribution in [1.82, 2.24) is 4.90 Å². The maximum Gasteiger partial charge on any atom is 0.307 e. The number of hydrogen-bond acceptors (Lipinski definition) is 4. The summed E-state index contributed by atoms with van der Waals surface area (Å²) in [6, 6.07) is 11.5. The van der Waals surface area contributed by atoms with Crippen molar-refractivity contribution in [3.8, 4) is 5.75 Å². The van der Waals surface area contributed by atoms with Crippen molar-refractivity contribution in [2.75, 3.05) is 39.5 Å². The molecule has 0 atom stereocenters. The van der Waals surface area contributed by atoms with Crippen LogP contribution in [0.4, 0.5) is 0 Å². The van der Waals surface area contributed by atoms with Crippen molar-refractivity contribution in [3.63, 3.8) is 0 Å². The summed E-state index contributed by atoms with van der Waals surface area (Å²) in [6.07, 6.45) is 0.0224. The summed E-state index contributed by atoms with van der Waals surface area (Å²) in [4.78, 5) is 13.3. The molecule has 0 spiro atoms. The Bertz CT molecular complexity index is 680. The molecule has 2 aromatic rings. The van der Waals surface area contributed by atoms with Gasteiger partial charge in [0.2, 0.25) is 0 Å². The largest absolute Gasteiger partial charge is 0.492 e. The smallest absolute Gasteiger partial charge is 0.307 e. The molecule has 1 aliphatic rings. The molecule has 0 saturated carbocycles. The van der Waals surface area contributed by atoms with Crippen molar-refractivity contribution in [2.24, 2.45) is 0 Å². The highest BCUT2D eigenvalue weighted by Crippen LogP contribution is 2.29. The molecule has 2 aromatic carbocycles. The molecule has 3 rings (SSSR count). The topological polar surface area (TPSA) is 59.0 Å². The number of morpholine rings is 1. The van der Waals surface area contributed by atoms with Crippen LogP contribution in [0.2, 0.25) is 0 Å². The molecular weight excluding hydrogens is 294 g/mol. The number of carbonyl (C=O) groups is 1. The third-order valence-electron chi connectivity index (χ3n) is 4.08. The van der Waals surface area contributed by atoms with Gasteiger partial charge in [0.15, 0.2) is 0 Å². The van der Waals surface area contributed by atoms with Gasteiger partial charge >= 0.3 is 5.97 Å². The maximum atomic E-state index is 11.0. The van der Waals surface area contributed by atoms with Gasteiger partial charge in [-0.05, 0) is 17.0 Å². The molecular formula is C18H21NO4. The molecule has 1 saturated heterocycles. The predicted molar refractivity (Wildman–Crippen MR) is 88.0 cm³/mol. The zero-order valence-corrected chi connectivity index (χ0v) is 13.0. The van der Waals surface area contributed by atoms with Crippen molar-refractivity contribution in [2.45, 2.75) is 6.42 Å². The average molecular weight is 315 g/mol. The van der Waals surface area contributed by atoms with Gasteiger partial charge in [-0.1, -0.05) is 30.3 Å². The van der Waals surface area contributed by atoms with E-state index in [1.807, 2.05) is 36.4 Å². The highest BCUT2D eigenvalue weighted by Gasteiger charge is 2.12. The Morgan fingerprint density at radius 2 is 1.87 bits per heavy atom. The zero-order chi connectivity index (χ0) is 16.1. The Morgan fingerprint density at radius 3 is 2.61 bits per heavy atom. The van der Waals surface area contributed by atoms with Crippen LogP contribution < -0.4 is 4.74 Å². The van der Waals surface area contributed by atoms with E-state index in [0.717, 1.165) is 54.9 Å². The lowest BCUT2D eigenvalue weighted by molar-refractivity contribution is -0.136. The fraction of sp³-hybridized carbons (Fsp3) is 0.389. The molecule has 5 nitrogen and oxygen atoms in total. The van der Waals surface area contributed by atoms with E-state index in [1.54, 1.807) is 0 Å². The Labute approximate surface area is 135 Å². The van der Waals surface area contributed by atoms with E-state index in [-0.39, 0.29) is 6.42 Å². The van der Waals surface area contributed by atoms with Gasteiger partial charge in [0, 0.05) is 25.0 Å². The van der Waals surface area contributed by atoms with Crippen LogP contribution in [0.5, 0.6) is 5.75 Å². The van der Waals surface area contributed by atoms with Crippen molar-refractivity contribution < 1.29 is 19.4 Å². The number of nitrogens with zero attached hydrogens (tertiary/aromatic N) is 1. The number of ether oxygens (including phenoxy) is 2. The molecule has 1 fully saturated rings. The second-order valence-electron chi connectivity index (χ2n) is 5.64. The average Bonchev–Trinajstić information content (AvgIpc) is 2.57. The van der Waals surface area contributed by atoms with Crippen LogP contribution in [0.1, 0.15) is 5.56 Å². The summed E-state index contributed by atoms with van der Waals surface area (Å²) in [7, 11) is 0. The Balaban J connectivity index is 1.72. The first-order valence-electron chi connectivity index (χ1n) is 7.89. The summed E-state index contributed by atoms with van der Waals surface area (Å²) in [5, 5.41) is 10.9. The number of aliphatic carboxylic acids is 1. The van der Waals surface area contributed by atoms with E-state index in [2.05, 4.69) is 4.90 Å². The van der Waals surface area contributed by atoms with Crippen LogP contribution in [0, 0.1) is 0 Å². The molecule has 0 radical (unpaired) electrons. The van der Waals surface area contributed by atoms with Crippen LogP contribution in [-0.2, 0) is 16.0 Å². The van der Waals surface area contributed by atoms with Gasteiger partial charge in [0.05, 0.1) is 19.6 Å². The Kier molecular flexibility index (Phi) is 5.10. The third-order valence-corrected chi connectivity index (χ3v) is 4.08. The standard InChI is InChI=1S/C18H21NO4/c20-18(21)13-14-5-6-17(16-4-2-1-3-15(14)16)23-12-9-19-7-10-22-11-8-19/h1-6H,7-13H2,(H,20,21). The number of carboxylic acid groups (broad SMARTS) is 1. The fourth-order valence-corrected chi connectivity index (χ4v) is 2.89. The molecule has 1 aliphatic heterocycles. The van der Waals surface area contributed by atoms with Gasteiger partial charge < -0.3 is 14.6 Å². The molecule has 122 valence electrons. The predicted octanol–water partition coefficient (Wildman–Crippen LogP) is 2.18.